The Bertz CT molecular complexity index is 810. The number of carboxylic acid groups (broad SMARTS) is 1. The van der Waals surface area contributed by atoms with Gasteiger partial charge in [0, 0.05) is 17.3 Å². The molecule has 0 bridgehead atoms. The van der Waals surface area contributed by atoms with Crippen molar-refractivity contribution in [1.29, 1.82) is 0 Å². The van der Waals surface area contributed by atoms with Crippen molar-refractivity contribution in [2.24, 2.45) is 5.16 Å². The second-order valence-electron chi connectivity index (χ2n) is 5.20. The SMILES string of the molecule is CON=C(C(=O)O)C(C)=C(C)COc1ccn(-c2ccc(Cl)cc2)n1. The predicted octanol–water partition coefficient (Wildman–Crippen LogP) is 3.33. The average molecular weight is 364 g/mol. The first-order chi connectivity index (χ1) is 11.9. The number of benzene rings is 1. The fourth-order valence-electron chi connectivity index (χ4n) is 1.97. The van der Waals surface area contributed by atoms with E-state index in [0.29, 0.717) is 22.0 Å². The summed E-state index contributed by atoms with van der Waals surface area (Å²) in [5.41, 5.74) is 1.88. The van der Waals surface area contributed by atoms with Crippen LogP contribution in [-0.2, 0) is 9.63 Å². The quantitative estimate of drug-likeness (QED) is 0.602. The zero-order chi connectivity index (χ0) is 18.4. The van der Waals surface area contributed by atoms with Gasteiger partial charge in [-0.1, -0.05) is 16.8 Å². The molecule has 0 aliphatic heterocycles. The maximum absolute atomic E-state index is 11.2. The molecular weight excluding hydrogens is 346 g/mol. The van der Waals surface area contributed by atoms with E-state index < -0.39 is 5.97 Å². The molecule has 0 saturated carbocycles. The first-order valence-corrected chi connectivity index (χ1v) is 7.75. The van der Waals surface area contributed by atoms with Gasteiger partial charge in [-0.3, -0.25) is 0 Å². The van der Waals surface area contributed by atoms with Gasteiger partial charge in [-0.2, -0.15) is 0 Å². The van der Waals surface area contributed by atoms with Gasteiger partial charge in [-0.05, 0) is 49.3 Å². The molecule has 1 heterocycles. The molecule has 0 fully saturated rings. The van der Waals surface area contributed by atoms with E-state index in [1.807, 2.05) is 12.1 Å². The Kier molecular flexibility index (Phi) is 6.19. The Morgan fingerprint density at radius 3 is 2.56 bits per heavy atom. The largest absolute Gasteiger partial charge is 0.476 e. The lowest BCUT2D eigenvalue weighted by atomic mass is 10.1. The maximum atomic E-state index is 11.2. The van der Waals surface area contributed by atoms with E-state index in [0.717, 1.165) is 5.69 Å². The Morgan fingerprint density at radius 1 is 1.28 bits per heavy atom. The second-order valence-corrected chi connectivity index (χ2v) is 5.63. The van der Waals surface area contributed by atoms with Crippen LogP contribution >= 0.6 is 11.6 Å². The van der Waals surface area contributed by atoms with E-state index in [9.17, 15) is 4.79 Å². The summed E-state index contributed by atoms with van der Waals surface area (Å²) in [5.74, 6) is -0.742. The first kappa shape index (κ1) is 18.5. The summed E-state index contributed by atoms with van der Waals surface area (Å²) in [5, 5.41) is 17.6. The number of oxime groups is 1. The number of carboxylic acids is 1. The van der Waals surface area contributed by atoms with Crippen molar-refractivity contribution in [3.63, 3.8) is 0 Å². The molecule has 8 heteroatoms. The van der Waals surface area contributed by atoms with Crippen LogP contribution in [0.15, 0.2) is 52.8 Å². The number of ether oxygens (including phenoxy) is 1. The molecule has 0 saturated heterocycles. The summed E-state index contributed by atoms with van der Waals surface area (Å²) < 4.78 is 7.28. The molecule has 2 rings (SSSR count). The first-order valence-electron chi connectivity index (χ1n) is 7.38. The molecule has 0 radical (unpaired) electrons. The number of carbonyl (C=O) groups is 1. The standard InChI is InChI=1S/C17H18ClN3O4/c1-11(12(2)16(17(22)23)20-24-3)10-25-15-8-9-21(19-15)14-6-4-13(18)5-7-14/h4-9H,10H2,1-3H3,(H,22,23). The number of halogens is 1. The summed E-state index contributed by atoms with van der Waals surface area (Å²) in [6, 6.07) is 8.96. The van der Waals surface area contributed by atoms with Gasteiger partial charge in [-0.25, -0.2) is 9.48 Å². The van der Waals surface area contributed by atoms with Gasteiger partial charge in [-0.15, -0.1) is 5.10 Å². The maximum Gasteiger partial charge on any atom is 0.358 e. The van der Waals surface area contributed by atoms with Gasteiger partial charge in [0.25, 0.3) is 0 Å². The van der Waals surface area contributed by atoms with Crippen molar-refractivity contribution in [1.82, 2.24) is 9.78 Å². The third-order valence-corrected chi connectivity index (χ3v) is 3.72. The van der Waals surface area contributed by atoms with E-state index in [2.05, 4.69) is 15.1 Å². The average Bonchev–Trinajstić information content (AvgIpc) is 3.06. The highest BCUT2D eigenvalue weighted by molar-refractivity contribution is 6.42. The summed E-state index contributed by atoms with van der Waals surface area (Å²) in [6.45, 7) is 3.59. The smallest absolute Gasteiger partial charge is 0.358 e. The highest BCUT2D eigenvalue weighted by Gasteiger charge is 2.15. The Balaban J connectivity index is 2.08. The van der Waals surface area contributed by atoms with Gasteiger partial charge in [0.05, 0.1) is 5.69 Å². The molecule has 0 unspecified atom stereocenters. The van der Waals surface area contributed by atoms with E-state index in [1.54, 1.807) is 42.9 Å². The normalized spacial score (nSPS) is 12.6. The van der Waals surface area contributed by atoms with E-state index in [1.165, 1.54) is 7.11 Å². The van der Waals surface area contributed by atoms with Crippen molar-refractivity contribution in [2.75, 3.05) is 13.7 Å². The molecule has 1 aromatic heterocycles. The highest BCUT2D eigenvalue weighted by Crippen LogP contribution is 2.16. The Labute approximate surface area is 150 Å². The molecule has 25 heavy (non-hydrogen) atoms. The monoisotopic (exact) mass is 363 g/mol. The van der Waals surface area contributed by atoms with Crippen LogP contribution in [0, 0.1) is 0 Å². The number of hydrogen-bond acceptors (Lipinski definition) is 5. The molecule has 1 aromatic carbocycles. The Hall–Kier alpha value is -2.80. The number of hydrogen-bond donors (Lipinski definition) is 1. The summed E-state index contributed by atoms with van der Waals surface area (Å²) >= 11 is 5.87. The molecule has 0 aliphatic rings. The van der Waals surface area contributed by atoms with Gasteiger partial charge in [0.2, 0.25) is 5.88 Å². The van der Waals surface area contributed by atoms with Gasteiger partial charge >= 0.3 is 5.97 Å². The molecule has 0 aliphatic carbocycles. The third kappa shape index (κ3) is 4.84. The number of aromatic nitrogens is 2. The van der Waals surface area contributed by atoms with Crippen molar-refractivity contribution in [3.8, 4) is 11.6 Å². The minimum atomic E-state index is -1.16. The second kappa shape index (κ2) is 8.34. The zero-order valence-corrected chi connectivity index (χ0v) is 14.8. The van der Waals surface area contributed by atoms with Crippen LogP contribution in [0.5, 0.6) is 5.88 Å². The van der Waals surface area contributed by atoms with E-state index in [4.69, 9.17) is 21.4 Å². The van der Waals surface area contributed by atoms with Crippen LogP contribution in [0.1, 0.15) is 13.8 Å². The van der Waals surface area contributed by atoms with E-state index in [-0.39, 0.29) is 12.3 Å². The van der Waals surface area contributed by atoms with Crippen molar-refractivity contribution < 1.29 is 19.5 Å². The molecule has 132 valence electrons. The molecule has 2 aromatic rings. The minimum Gasteiger partial charge on any atom is -0.476 e. The van der Waals surface area contributed by atoms with Gasteiger partial charge in [0.1, 0.15) is 13.7 Å². The Morgan fingerprint density at radius 2 is 1.96 bits per heavy atom. The topological polar surface area (TPSA) is 85.9 Å². The summed E-state index contributed by atoms with van der Waals surface area (Å²) in [6.07, 6.45) is 1.76. The zero-order valence-electron chi connectivity index (χ0n) is 14.1. The van der Waals surface area contributed by atoms with Gasteiger partial charge in [0.15, 0.2) is 5.71 Å². The van der Waals surface area contributed by atoms with Crippen molar-refractivity contribution in [2.45, 2.75) is 13.8 Å². The lowest BCUT2D eigenvalue weighted by Crippen LogP contribution is -2.17. The van der Waals surface area contributed by atoms with E-state index >= 15 is 0 Å². The predicted molar refractivity (Wildman–Crippen MR) is 94.5 cm³/mol. The molecule has 1 N–H and O–H groups in total. The van der Waals surface area contributed by atoms with Crippen LogP contribution in [-0.4, -0.2) is 40.3 Å². The minimum absolute atomic E-state index is 0.157. The van der Waals surface area contributed by atoms with Crippen LogP contribution in [0.3, 0.4) is 0 Å². The number of nitrogens with zero attached hydrogens (tertiary/aromatic N) is 3. The number of rotatable bonds is 7. The molecule has 0 amide bonds. The molecular formula is C17H18ClN3O4. The lowest BCUT2D eigenvalue weighted by molar-refractivity contribution is -0.129. The molecule has 7 nitrogen and oxygen atoms in total. The summed E-state index contributed by atoms with van der Waals surface area (Å²) in [7, 11) is 1.30. The lowest BCUT2D eigenvalue weighted by Gasteiger charge is -2.08. The fraction of sp³-hybridized carbons (Fsp3) is 0.235. The molecule has 0 atom stereocenters. The van der Waals surface area contributed by atoms with Gasteiger partial charge < -0.3 is 14.7 Å². The van der Waals surface area contributed by atoms with Crippen molar-refractivity contribution in [3.05, 3.63) is 52.7 Å². The van der Waals surface area contributed by atoms with Crippen LogP contribution in [0.2, 0.25) is 5.02 Å². The number of aliphatic carboxylic acids is 1. The highest BCUT2D eigenvalue weighted by atomic mass is 35.5. The van der Waals surface area contributed by atoms with Crippen LogP contribution in [0.4, 0.5) is 0 Å². The fourth-order valence-corrected chi connectivity index (χ4v) is 2.10. The third-order valence-electron chi connectivity index (χ3n) is 3.47. The molecule has 0 spiro atoms. The van der Waals surface area contributed by atoms with Crippen LogP contribution in [0.25, 0.3) is 5.69 Å². The summed E-state index contributed by atoms with van der Waals surface area (Å²) in [4.78, 5) is 15.8. The van der Waals surface area contributed by atoms with Crippen molar-refractivity contribution >= 4 is 23.3 Å². The van der Waals surface area contributed by atoms with Crippen LogP contribution < -0.4 is 4.74 Å².